The third kappa shape index (κ3) is 3.58. The van der Waals surface area contributed by atoms with Gasteiger partial charge in [-0.25, -0.2) is 4.90 Å². The number of carbonyl (C=O) groups excluding carboxylic acids is 4. The number of hydrogen-bond acceptors (Lipinski definition) is 5. The first-order chi connectivity index (χ1) is 19.4. The van der Waals surface area contributed by atoms with E-state index in [2.05, 4.69) is 6.58 Å². The summed E-state index contributed by atoms with van der Waals surface area (Å²) in [6.45, 7) is 5.58. The van der Waals surface area contributed by atoms with E-state index in [1.54, 1.807) is 42.5 Å². The van der Waals surface area contributed by atoms with Crippen LogP contribution in [0.4, 0.5) is 5.69 Å². The van der Waals surface area contributed by atoms with E-state index in [1.807, 2.05) is 13.0 Å². The summed E-state index contributed by atoms with van der Waals surface area (Å²) >= 11 is 20.7. The lowest BCUT2D eigenvalue weighted by molar-refractivity contribution is -0.138. The van der Waals surface area contributed by atoms with Gasteiger partial charge < -0.3 is 5.11 Å². The maximum atomic E-state index is 14.1. The summed E-state index contributed by atoms with van der Waals surface area (Å²) in [6.07, 6.45) is 3.94. The molecule has 41 heavy (non-hydrogen) atoms. The van der Waals surface area contributed by atoms with Crippen molar-refractivity contribution in [1.82, 2.24) is 4.90 Å². The molecule has 4 aliphatic rings. The largest absolute Gasteiger partial charge is 0.507 e. The number of anilines is 1. The highest BCUT2D eigenvalue weighted by Gasteiger charge is 2.76. The number of likely N-dealkylation sites (tertiary alicyclic amines) is 1. The van der Waals surface area contributed by atoms with Crippen molar-refractivity contribution in [2.75, 3.05) is 11.9 Å². The Hall–Kier alpha value is -3.13. The van der Waals surface area contributed by atoms with Crippen molar-refractivity contribution >= 4 is 64.1 Å². The van der Waals surface area contributed by atoms with E-state index < -0.39 is 51.1 Å². The van der Waals surface area contributed by atoms with Crippen molar-refractivity contribution in [3.8, 4) is 5.75 Å². The summed E-state index contributed by atoms with van der Waals surface area (Å²) in [4.78, 5) is 53.3. The van der Waals surface area contributed by atoms with Crippen LogP contribution in [0.3, 0.4) is 0 Å². The number of fused-ring (bicyclic) bond motifs is 4. The van der Waals surface area contributed by atoms with Crippen molar-refractivity contribution < 1.29 is 24.3 Å². The van der Waals surface area contributed by atoms with Crippen molar-refractivity contribution in [1.29, 1.82) is 0 Å². The van der Waals surface area contributed by atoms with Crippen molar-refractivity contribution in [3.63, 3.8) is 0 Å². The molecule has 0 spiro atoms. The third-order valence-corrected chi connectivity index (χ3v) is 11.1. The number of para-hydroxylation sites is 1. The van der Waals surface area contributed by atoms with E-state index in [-0.39, 0.29) is 24.5 Å². The van der Waals surface area contributed by atoms with Gasteiger partial charge in [-0.1, -0.05) is 53.6 Å². The number of nitrogens with zero attached hydrogens (tertiary/aromatic N) is 2. The number of imide groups is 2. The van der Waals surface area contributed by atoms with Crippen LogP contribution in [0.1, 0.15) is 35.4 Å². The Kier molecular flexibility index (Phi) is 6.45. The number of hydrogen-bond donors (Lipinski definition) is 1. The molecule has 0 unspecified atom stereocenters. The summed E-state index contributed by atoms with van der Waals surface area (Å²) in [5.41, 5.74) is 2.68. The average molecular weight is 614 g/mol. The number of allylic oxidation sites excluding steroid dienone is 3. The summed E-state index contributed by atoms with van der Waals surface area (Å²) in [5.74, 6) is -5.46. The van der Waals surface area contributed by atoms with Crippen molar-refractivity contribution in [2.45, 2.75) is 41.9 Å². The van der Waals surface area contributed by atoms with Gasteiger partial charge in [0.25, 0.3) is 11.8 Å². The van der Waals surface area contributed by atoms with E-state index >= 15 is 0 Å². The summed E-state index contributed by atoms with van der Waals surface area (Å²) < 4.78 is 0. The Balaban J connectivity index is 1.53. The number of benzene rings is 2. The molecule has 2 heterocycles. The summed E-state index contributed by atoms with van der Waals surface area (Å²) in [6, 6.07) is 10.1. The Labute approximate surface area is 252 Å². The fourth-order valence-corrected chi connectivity index (χ4v) is 8.42. The van der Waals surface area contributed by atoms with E-state index in [9.17, 15) is 24.3 Å². The van der Waals surface area contributed by atoms with Gasteiger partial charge in [0.2, 0.25) is 11.8 Å². The van der Waals surface area contributed by atoms with Gasteiger partial charge in [-0.3, -0.25) is 24.1 Å². The molecule has 2 aromatic carbocycles. The zero-order valence-electron chi connectivity index (χ0n) is 22.4. The molecule has 1 saturated carbocycles. The van der Waals surface area contributed by atoms with Crippen LogP contribution in [0.25, 0.3) is 0 Å². The molecule has 7 nitrogen and oxygen atoms in total. The zero-order valence-corrected chi connectivity index (χ0v) is 24.6. The quantitative estimate of drug-likeness (QED) is 0.288. The van der Waals surface area contributed by atoms with E-state index in [1.165, 1.54) is 7.05 Å². The van der Waals surface area contributed by atoms with Crippen LogP contribution >= 0.6 is 34.8 Å². The molecule has 3 fully saturated rings. The highest BCUT2D eigenvalue weighted by atomic mass is 35.5. The molecule has 2 aromatic rings. The van der Waals surface area contributed by atoms with Crippen LogP contribution in [-0.4, -0.2) is 50.4 Å². The summed E-state index contributed by atoms with van der Waals surface area (Å²) in [7, 11) is 1.33. The molecular formula is C31H27Cl3N2O5. The number of aromatic hydroxyl groups is 1. The Morgan fingerprint density at radius 3 is 2.49 bits per heavy atom. The van der Waals surface area contributed by atoms with E-state index in [4.69, 9.17) is 34.8 Å². The second kappa shape index (κ2) is 9.45. The molecule has 0 bridgehead atoms. The lowest BCUT2D eigenvalue weighted by Crippen LogP contribution is -2.60. The SMILES string of the molecule is C=CCc1cccc([C@H]2C3=CC[C@@H]4C(=O)N(c5ccc(C)c(Cl)c5)C(=O)[C@@H]4[C@@H]3C[C@@]3(Cl)C(=O)N(C)C(=O)[C@@]23Cl)c1O. The number of phenols is 1. The minimum atomic E-state index is -1.96. The minimum absolute atomic E-state index is 0.0836. The van der Waals surface area contributed by atoms with Gasteiger partial charge in [-0.15, -0.1) is 29.8 Å². The topological polar surface area (TPSA) is 95.0 Å². The highest BCUT2D eigenvalue weighted by Crippen LogP contribution is 2.66. The van der Waals surface area contributed by atoms with Crippen molar-refractivity contribution in [2.24, 2.45) is 17.8 Å². The van der Waals surface area contributed by atoms with Crippen LogP contribution in [0.5, 0.6) is 5.75 Å². The lowest BCUT2D eigenvalue weighted by atomic mass is 9.56. The van der Waals surface area contributed by atoms with Gasteiger partial charge >= 0.3 is 0 Å². The summed E-state index contributed by atoms with van der Waals surface area (Å²) in [5, 5.41) is 11.8. The molecule has 212 valence electrons. The minimum Gasteiger partial charge on any atom is -0.507 e. The standard InChI is InChI=1S/C31H27Cl3N2O5/c1-4-6-16-7-5-8-20(25(16)37)24-18-11-12-19-23(21(18)14-30(33)28(40)35(3)29(41)31(24,30)34)27(39)36(26(19)38)17-10-9-15(2)22(32)13-17/h4-5,7-11,13,19,21,23-24,37H,1,6,12,14H2,2-3H3/t19-,21+,23-,24+,30+,31-/m0/s1. The number of halogens is 3. The van der Waals surface area contributed by atoms with Gasteiger partial charge in [0.1, 0.15) is 5.75 Å². The van der Waals surface area contributed by atoms with Crippen molar-refractivity contribution in [3.05, 3.63) is 82.4 Å². The molecular weight excluding hydrogens is 587 g/mol. The third-order valence-electron chi connectivity index (χ3n) is 9.25. The second-order valence-electron chi connectivity index (χ2n) is 11.3. The normalized spacial score (nSPS) is 32.6. The van der Waals surface area contributed by atoms with E-state index in [0.717, 1.165) is 15.4 Å². The molecule has 0 aromatic heterocycles. The van der Waals surface area contributed by atoms with Crippen LogP contribution in [0.15, 0.2) is 60.7 Å². The molecule has 4 amide bonds. The molecule has 10 heteroatoms. The molecule has 2 saturated heterocycles. The predicted molar refractivity (Wildman–Crippen MR) is 156 cm³/mol. The zero-order chi connectivity index (χ0) is 29.6. The Morgan fingerprint density at radius 2 is 1.80 bits per heavy atom. The van der Waals surface area contributed by atoms with Gasteiger partial charge in [0.15, 0.2) is 9.75 Å². The molecule has 6 rings (SSSR count). The fourth-order valence-electron chi connectivity index (χ4n) is 7.23. The van der Waals surface area contributed by atoms with Crippen LogP contribution < -0.4 is 4.90 Å². The number of carbonyl (C=O) groups is 4. The van der Waals surface area contributed by atoms with Crippen LogP contribution in [0, 0.1) is 24.7 Å². The molecule has 6 atom stereocenters. The highest BCUT2D eigenvalue weighted by molar-refractivity contribution is 6.53. The predicted octanol–water partition coefficient (Wildman–Crippen LogP) is 5.28. The fraction of sp³-hybridized carbons (Fsp3) is 0.355. The lowest BCUT2D eigenvalue weighted by Gasteiger charge is -2.50. The average Bonchev–Trinajstić information content (AvgIpc) is 3.27. The molecule has 2 aliphatic carbocycles. The smallest absolute Gasteiger partial charge is 0.253 e. The maximum absolute atomic E-state index is 14.1. The van der Waals surface area contributed by atoms with Crippen LogP contribution in [0.2, 0.25) is 5.02 Å². The number of amides is 4. The first-order valence-corrected chi connectivity index (χ1v) is 14.5. The molecule has 2 aliphatic heterocycles. The first kappa shape index (κ1) is 28.0. The van der Waals surface area contributed by atoms with E-state index in [0.29, 0.717) is 33.8 Å². The van der Waals surface area contributed by atoms with Gasteiger partial charge in [-0.2, -0.15) is 0 Å². The molecule has 0 radical (unpaired) electrons. The molecule has 1 N–H and O–H groups in total. The first-order valence-electron chi connectivity index (χ1n) is 13.3. The van der Waals surface area contributed by atoms with Gasteiger partial charge in [0.05, 0.1) is 17.5 Å². The maximum Gasteiger partial charge on any atom is 0.253 e. The Morgan fingerprint density at radius 1 is 1.07 bits per heavy atom. The Bertz CT molecular complexity index is 1600. The second-order valence-corrected chi connectivity index (χ2v) is 12.9. The number of rotatable bonds is 4. The van der Waals surface area contributed by atoms with Gasteiger partial charge in [-0.05, 0) is 55.4 Å². The number of alkyl halides is 2. The number of aryl methyl sites for hydroxylation is 1. The van der Waals surface area contributed by atoms with Crippen LogP contribution in [-0.2, 0) is 25.6 Å². The van der Waals surface area contributed by atoms with Gasteiger partial charge in [0, 0.05) is 23.6 Å². The monoisotopic (exact) mass is 612 g/mol. The number of phenolic OH excluding ortho intramolecular Hbond substituents is 1.